The van der Waals surface area contributed by atoms with Gasteiger partial charge in [0.05, 0.1) is 11.8 Å². The lowest BCUT2D eigenvalue weighted by Gasteiger charge is -2.16. The quantitative estimate of drug-likeness (QED) is 0.656. The number of halogens is 1. The van der Waals surface area contributed by atoms with E-state index in [9.17, 15) is 4.39 Å². The van der Waals surface area contributed by atoms with Crippen LogP contribution in [0.2, 0.25) is 0 Å². The lowest BCUT2D eigenvalue weighted by Crippen LogP contribution is -2.08. The number of hydrogen-bond donors (Lipinski definition) is 0. The fourth-order valence-corrected chi connectivity index (χ4v) is 2.58. The van der Waals surface area contributed by atoms with Crippen molar-refractivity contribution in [3.05, 3.63) is 77.9 Å². The maximum absolute atomic E-state index is 13.9. The van der Waals surface area contributed by atoms with Gasteiger partial charge in [-0.3, -0.25) is 0 Å². The summed E-state index contributed by atoms with van der Waals surface area (Å²) in [5.74, 6) is -0.218. The highest BCUT2D eigenvalue weighted by Crippen LogP contribution is 2.27. The summed E-state index contributed by atoms with van der Waals surface area (Å²) in [6.07, 6.45) is 2.10. The number of ether oxygens (including phenoxy) is 1. The van der Waals surface area contributed by atoms with Crippen LogP contribution in [0.3, 0.4) is 0 Å². The fourth-order valence-electron chi connectivity index (χ4n) is 2.58. The molecule has 0 bridgehead atoms. The molecule has 23 heavy (non-hydrogen) atoms. The minimum absolute atomic E-state index is 0.0974. The topological polar surface area (TPSA) is 35.3 Å². The summed E-state index contributed by atoms with van der Waals surface area (Å²) < 4.78 is 24.6. The number of aromatic nitrogens is 1. The molecule has 3 aromatic rings. The molecule has 1 heterocycles. The van der Waals surface area contributed by atoms with Gasteiger partial charge in [-0.05, 0) is 24.1 Å². The van der Waals surface area contributed by atoms with Gasteiger partial charge in [0.2, 0.25) is 0 Å². The second-order valence-corrected chi connectivity index (χ2v) is 5.24. The van der Waals surface area contributed by atoms with Crippen molar-refractivity contribution < 1.29 is 13.7 Å². The van der Waals surface area contributed by atoms with Crippen LogP contribution < -0.4 is 0 Å². The Kier molecular flexibility index (Phi) is 4.83. The maximum Gasteiger partial charge on any atom is 0.131 e. The summed E-state index contributed by atoms with van der Waals surface area (Å²) in [5.41, 5.74) is 3.34. The monoisotopic (exact) mass is 311 g/mol. The van der Waals surface area contributed by atoms with Gasteiger partial charge in [-0.2, -0.15) is 0 Å². The van der Waals surface area contributed by atoms with Crippen LogP contribution in [0, 0.1) is 5.82 Å². The molecule has 0 amide bonds. The first-order valence-corrected chi connectivity index (χ1v) is 7.63. The van der Waals surface area contributed by atoms with Crippen molar-refractivity contribution in [1.29, 1.82) is 0 Å². The van der Waals surface area contributed by atoms with E-state index in [0.717, 1.165) is 16.8 Å². The Morgan fingerprint density at radius 2 is 1.87 bits per heavy atom. The van der Waals surface area contributed by atoms with Gasteiger partial charge in [-0.25, -0.2) is 4.39 Å². The van der Waals surface area contributed by atoms with E-state index in [1.54, 1.807) is 18.4 Å². The summed E-state index contributed by atoms with van der Waals surface area (Å²) in [5, 5.41) is 3.94. The Bertz CT molecular complexity index is 738. The van der Waals surface area contributed by atoms with Gasteiger partial charge in [0.15, 0.2) is 0 Å². The zero-order valence-corrected chi connectivity index (χ0v) is 12.9. The lowest BCUT2D eigenvalue weighted by atomic mass is 9.99. The predicted octanol–water partition coefficient (Wildman–Crippen LogP) is 4.80. The fraction of sp³-hybridized carbons (Fsp3) is 0.211. The van der Waals surface area contributed by atoms with Crippen molar-refractivity contribution in [2.45, 2.75) is 19.4 Å². The van der Waals surface area contributed by atoms with Gasteiger partial charge in [-0.15, -0.1) is 0 Å². The average Bonchev–Trinajstić information content (AvgIpc) is 3.08. The molecule has 3 rings (SSSR count). The van der Waals surface area contributed by atoms with Crippen molar-refractivity contribution >= 4 is 0 Å². The molecule has 1 atom stereocenters. The van der Waals surface area contributed by atoms with Gasteiger partial charge < -0.3 is 9.26 Å². The highest BCUT2D eigenvalue weighted by Gasteiger charge is 2.14. The van der Waals surface area contributed by atoms with E-state index < -0.39 is 0 Å². The lowest BCUT2D eigenvalue weighted by molar-refractivity contribution is 0.0616. The summed E-state index contributed by atoms with van der Waals surface area (Å²) in [6.45, 7) is 2.57. The molecule has 2 aromatic carbocycles. The third-order valence-electron chi connectivity index (χ3n) is 3.72. The Labute approximate surface area is 134 Å². The summed E-state index contributed by atoms with van der Waals surface area (Å²) in [7, 11) is 0. The van der Waals surface area contributed by atoms with Crippen LogP contribution in [0.5, 0.6) is 0 Å². The van der Waals surface area contributed by atoms with Crippen LogP contribution in [0.25, 0.3) is 11.1 Å². The molecule has 0 spiro atoms. The van der Waals surface area contributed by atoms with E-state index in [2.05, 4.69) is 5.16 Å². The third-order valence-corrected chi connectivity index (χ3v) is 3.72. The van der Waals surface area contributed by atoms with Gasteiger partial charge in [0, 0.05) is 24.7 Å². The smallest absolute Gasteiger partial charge is 0.131 e. The second-order valence-electron chi connectivity index (χ2n) is 5.24. The minimum atomic E-state index is -0.218. The number of rotatable bonds is 6. The SMILES string of the molecule is CCOC(Cc1ccon1)c1ccc(-c2ccccc2F)cc1. The molecule has 118 valence electrons. The summed E-state index contributed by atoms with van der Waals surface area (Å²) in [6, 6.07) is 16.4. The maximum atomic E-state index is 13.9. The number of nitrogens with zero attached hydrogens (tertiary/aromatic N) is 1. The van der Waals surface area contributed by atoms with E-state index in [4.69, 9.17) is 9.26 Å². The van der Waals surface area contributed by atoms with Crippen molar-refractivity contribution in [1.82, 2.24) is 5.16 Å². The Hall–Kier alpha value is -2.46. The van der Waals surface area contributed by atoms with Crippen LogP contribution in [-0.4, -0.2) is 11.8 Å². The van der Waals surface area contributed by atoms with E-state index in [-0.39, 0.29) is 11.9 Å². The zero-order chi connectivity index (χ0) is 16.1. The highest BCUT2D eigenvalue weighted by atomic mass is 19.1. The first kappa shape index (κ1) is 15.4. The predicted molar refractivity (Wildman–Crippen MR) is 86.4 cm³/mol. The molecular formula is C19H18FNO2. The first-order chi connectivity index (χ1) is 11.3. The summed E-state index contributed by atoms with van der Waals surface area (Å²) in [4.78, 5) is 0. The molecule has 0 aliphatic carbocycles. The van der Waals surface area contributed by atoms with Crippen LogP contribution >= 0.6 is 0 Å². The molecule has 1 unspecified atom stereocenters. The molecule has 4 heteroatoms. The van der Waals surface area contributed by atoms with Gasteiger partial charge in [0.1, 0.15) is 12.1 Å². The molecule has 0 saturated heterocycles. The summed E-state index contributed by atoms with van der Waals surface area (Å²) >= 11 is 0. The van der Waals surface area contributed by atoms with Crippen LogP contribution in [-0.2, 0) is 11.2 Å². The van der Waals surface area contributed by atoms with E-state index >= 15 is 0 Å². The van der Waals surface area contributed by atoms with E-state index in [1.807, 2.05) is 43.3 Å². The average molecular weight is 311 g/mol. The van der Waals surface area contributed by atoms with E-state index in [0.29, 0.717) is 18.6 Å². The Balaban J connectivity index is 1.83. The molecule has 0 saturated carbocycles. The van der Waals surface area contributed by atoms with Gasteiger partial charge in [-0.1, -0.05) is 47.6 Å². The Morgan fingerprint density at radius 1 is 1.09 bits per heavy atom. The molecule has 3 nitrogen and oxygen atoms in total. The highest BCUT2D eigenvalue weighted by molar-refractivity contribution is 5.64. The molecule has 1 aromatic heterocycles. The minimum Gasteiger partial charge on any atom is -0.373 e. The Morgan fingerprint density at radius 3 is 2.52 bits per heavy atom. The normalized spacial score (nSPS) is 12.3. The first-order valence-electron chi connectivity index (χ1n) is 7.63. The van der Waals surface area contributed by atoms with Crippen molar-refractivity contribution in [2.24, 2.45) is 0 Å². The van der Waals surface area contributed by atoms with Crippen molar-refractivity contribution in [3.63, 3.8) is 0 Å². The molecule has 0 N–H and O–H groups in total. The number of hydrogen-bond acceptors (Lipinski definition) is 3. The van der Waals surface area contributed by atoms with Gasteiger partial charge >= 0.3 is 0 Å². The van der Waals surface area contributed by atoms with Crippen molar-refractivity contribution in [2.75, 3.05) is 6.61 Å². The van der Waals surface area contributed by atoms with Crippen molar-refractivity contribution in [3.8, 4) is 11.1 Å². The molecule has 0 fully saturated rings. The van der Waals surface area contributed by atoms with Crippen LogP contribution in [0.1, 0.15) is 24.3 Å². The van der Waals surface area contributed by atoms with Crippen LogP contribution in [0.15, 0.2) is 65.4 Å². The van der Waals surface area contributed by atoms with Crippen LogP contribution in [0.4, 0.5) is 4.39 Å². The van der Waals surface area contributed by atoms with E-state index in [1.165, 1.54) is 6.07 Å². The molecule has 0 radical (unpaired) electrons. The number of benzene rings is 2. The largest absolute Gasteiger partial charge is 0.373 e. The molecule has 0 aliphatic heterocycles. The standard InChI is InChI=1S/C19H18FNO2/c1-2-22-19(13-16-11-12-23-21-16)15-9-7-14(8-10-15)17-5-3-4-6-18(17)20/h3-12,19H,2,13H2,1H3. The zero-order valence-electron chi connectivity index (χ0n) is 12.9. The van der Waals surface area contributed by atoms with Gasteiger partial charge in [0.25, 0.3) is 0 Å². The third kappa shape index (κ3) is 3.66. The second kappa shape index (κ2) is 7.20. The molecular weight excluding hydrogens is 293 g/mol. The molecule has 0 aliphatic rings.